The second kappa shape index (κ2) is 8.27. The molecule has 0 unspecified atom stereocenters. The summed E-state index contributed by atoms with van der Waals surface area (Å²) in [6.07, 6.45) is 2.15. The van der Waals surface area contributed by atoms with Gasteiger partial charge in [-0.15, -0.1) is 0 Å². The number of hydrogen-bond acceptors (Lipinski definition) is 5. The van der Waals surface area contributed by atoms with Crippen molar-refractivity contribution in [2.45, 2.75) is 38.3 Å². The van der Waals surface area contributed by atoms with Crippen molar-refractivity contribution in [3.05, 3.63) is 47.4 Å². The van der Waals surface area contributed by atoms with Gasteiger partial charge in [0, 0.05) is 25.1 Å². The van der Waals surface area contributed by atoms with Gasteiger partial charge in [0.1, 0.15) is 11.9 Å². The number of carbonyl (C=O) groups excluding carboxylic acids is 1. The van der Waals surface area contributed by atoms with Gasteiger partial charge in [-0.1, -0.05) is 23.4 Å². The van der Waals surface area contributed by atoms with Crippen molar-refractivity contribution < 1.29 is 18.4 Å². The van der Waals surface area contributed by atoms with Gasteiger partial charge in [0.25, 0.3) is 0 Å². The molecule has 0 saturated heterocycles. The van der Waals surface area contributed by atoms with Gasteiger partial charge in [-0.3, -0.25) is 0 Å². The van der Waals surface area contributed by atoms with E-state index < -0.39 is 6.04 Å². The Balaban J connectivity index is 1.64. The monoisotopic (exact) mass is 362 g/mol. The summed E-state index contributed by atoms with van der Waals surface area (Å²) in [6, 6.07) is 5.62. The Hall–Kier alpha value is -2.48. The third kappa shape index (κ3) is 4.57. The predicted octanol–water partition coefficient (Wildman–Crippen LogP) is 3.01. The molecule has 1 saturated carbocycles. The normalized spacial score (nSPS) is 14.9. The molecule has 3 rings (SSSR count). The lowest BCUT2D eigenvalue weighted by molar-refractivity contribution is 0.143. The highest BCUT2D eigenvalue weighted by Crippen LogP contribution is 2.38. The van der Waals surface area contributed by atoms with Gasteiger partial charge in [-0.25, -0.2) is 9.18 Å². The fourth-order valence-corrected chi connectivity index (χ4v) is 2.55. The van der Waals surface area contributed by atoms with E-state index in [9.17, 15) is 9.18 Å². The van der Waals surface area contributed by atoms with Gasteiger partial charge in [0.05, 0.1) is 13.2 Å². The zero-order valence-electron chi connectivity index (χ0n) is 14.9. The molecule has 1 aliphatic rings. The molecule has 8 heteroatoms. The van der Waals surface area contributed by atoms with E-state index in [1.807, 2.05) is 0 Å². The third-order valence-electron chi connectivity index (χ3n) is 4.28. The van der Waals surface area contributed by atoms with E-state index in [4.69, 9.17) is 9.26 Å². The van der Waals surface area contributed by atoms with Crippen LogP contribution in [0.5, 0.6) is 0 Å². The van der Waals surface area contributed by atoms with E-state index in [2.05, 4.69) is 15.5 Å². The number of rotatable bonds is 8. The molecule has 1 atom stereocenters. The minimum atomic E-state index is -0.437. The molecule has 1 aromatic heterocycles. The molecule has 1 fully saturated rings. The molecule has 0 bridgehead atoms. The van der Waals surface area contributed by atoms with Crippen LogP contribution in [0.4, 0.5) is 9.18 Å². The Morgan fingerprint density at radius 1 is 1.46 bits per heavy atom. The fourth-order valence-electron chi connectivity index (χ4n) is 2.55. The molecule has 0 aliphatic heterocycles. The number of benzene rings is 1. The van der Waals surface area contributed by atoms with Crippen molar-refractivity contribution in [1.82, 2.24) is 20.4 Å². The van der Waals surface area contributed by atoms with Crippen LogP contribution in [0.15, 0.2) is 28.8 Å². The molecule has 7 nitrogen and oxygen atoms in total. The van der Waals surface area contributed by atoms with Crippen molar-refractivity contribution >= 4 is 6.03 Å². The average Bonchev–Trinajstić information content (AvgIpc) is 3.36. The number of hydrogen-bond donors (Lipinski definition) is 1. The van der Waals surface area contributed by atoms with Crippen LogP contribution in [0.25, 0.3) is 0 Å². The van der Waals surface area contributed by atoms with E-state index in [0.717, 1.165) is 12.8 Å². The highest BCUT2D eigenvalue weighted by Gasteiger charge is 2.30. The van der Waals surface area contributed by atoms with Crippen LogP contribution in [-0.2, 0) is 11.3 Å². The van der Waals surface area contributed by atoms with Gasteiger partial charge in [-0.2, -0.15) is 4.98 Å². The van der Waals surface area contributed by atoms with Gasteiger partial charge < -0.3 is 19.5 Å². The first-order chi connectivity index (χ1) is 12.6. The fraction of sp³-hybridized carbons (Fsp3) is 0.500. The molecule has 2 amide bonds. The number of aromatic nitrogens is 2. The standard InChI is InChI=1S/C18H23FN4O3/c1-12(17-21-16(22-26-17)13-7-8-13)20-18(24)23(9-10-25-2)11-14-5-3-4-6-15(14)19/h3-6,12-13H,7-11H2,1-2H3,(H,20,24)/t12-/m1/s1. The van der Waals surface area contributed by atoms with E-state index in [0.29, 0.717) is 36.3 Å². The summed E-state index contributed by atoms with van der Waals surface area (Å²) in [5.74, 6) is 1.11. The Morgan fingerprint density at radius 2 is 2.23 bits per heavy atom. The molecule has 140 valence electrons. The highest BCUT2D eigenvalue weighted by molar-refractivity contribution is 5.74. The van der Waals surface area contributed by atoms with E-state index >= 15 is 0 Å². The van der Waals surface area contributed by atoms with Gasteiger partial charge in [0.15, 0.2) is 5.82 Å². The lowest BCUT2D eigenvalue weighted by Gasteiger charge is -2.24. The number of methoxy groups -OCH3 is 1. The third-order valence-corrected chi connectivity index (χ3v) is 4.28. The average molecular weight is 362 g/mol. The maximum absolute atomic E-state index is 13.9. The molecule has 1 aromatic carbocycles. The van der Waals surface area contributed by atoms with Crippen LogP contribution in [0, 0.1) is 5.82 Å². The summed E-state index contributed by atoms with van der Waals surface area (Å²) in [6.45, 7) is 2.61. The maximum Gasteiger partial charge on any atom is 0.318 e. The summed E-state index contributed by atoms with van der Waals surface area (Å²) in [5, 5.41) is 6.79. The molecule has 1 aliphatic carbocycles. The van der Waals surface area contributed by atoms with Gasteiger partial charge >= 0.3 is 6.03 Å². The molecule has 0 radical (unpaired) electrons. The summed E-state index contributed by atoms with van der Waals surface area (Å²) in [4.78, 5) is 18.5. The van der Waals surface area contributed by atoms with E-state index in [1.165, 1.54) is 11.0 Å². The summed E-state index contributed by atoms with van der Waals surface area (Å²) in [7, 11) is 1.56. The maximum atomic E-state index is 13.9. The minimum Gasteiger partial charge on any atom is -0.383 e. The van der Waals surface area contributed by atoms with E-state index in [1.54, 1.807) is 32.2 Å². The molecular formula is C18H23FN4O3. The summed E-state index contributed by atoms with van der Waals surface area (Å²) >= 11 is 0. The van der Waals surface area contributed by atoms with Crippen LogP contribution < -0.4 is 5.32 Å². The molecular weight excluding hydrogens is 339 g/mol. The SMILES string of the molecule is COCCN(Cc1ccccc1F)C(=O)N[C@H](C)c1nc(C2CC2)no1. The summed E-state index contributed by atoms with van der Waals surface area (Å²) < 4.78 is 24.2. The zero-order valence-corrected chi connectivity index (χ0v) is 14.9. The van der Waals surface area contributed by atoms with Crippen LogP contribution in [-0.4, -0.2) is 41.3 Å². The Bertz CT molecular complexity index is 748. The first kappa shape index (κ1) is 18.3. The second-order valence-corrected chi connectivity index (χ2v) is 6.44. The smallest absolute Gasteiger partial charge is 0.318 e. The number of ether oxygens (including phenoxy) is 1. The number of nitrogens with one attached hydrogen (secondary N) is 1. The Morgan fingerprint density at radius 3 is 2.92 bits per heavy atom. The Kier molecular flexibility index (Phi) is 5.82. The largest absolute Gasteiger partial charge is 0.383 e. The summed E-state index contributed by atoms with van der Waals surface area (Å²) in [5.41, 5.74) is 0.445. The number of amides is 2. The van der Waals surface area contributed by atoms with Gasteiger partial charge in [0.2, 0.25) is 5.89 Å². The molecule has 1 heterocycles. The first-order valence-corrected chi connectivity index (χ1v) is 8.69. The van der Waals surface area contributed by atoms with Crippen LogP contribution in [0.3, 0.4) is 0 Å². The first-order valence-electron chi connectivity index (χ1n) is 8.69. The number of carbonyl (C=O) groups is 1. The zero-order chi connectivity index (χ0) is 18.5. The quantitative estimate of drug-likeness (QED) is 0.781. The number of urea groups is 1. The van der Waals surface area contributed by atoms with Gasteiger partial charge in [-0.05, 0) is 25.8 Å². The number of nitrogens with zero attached hydrogens (tertiary/aromatic N) is 3. The van der Waals surface area contributed by atoms with Crippen LogP contribution >= 0.6 is 0 Å². The second-order valence-electron chi connectivity index (χ2n) is 6.44. The van der Waals surface area contributed by atoms with E-state index in [-0.39, 0.29) is 18.4 Å². The lowest BCUT2D eigenvalue weighted by Crippen LogP contribution is -2.42. The lowest BCUT2D eigenvalue weighted by atomic mass is 10.2. The van der Waals surface area contributed by atoms with Crippen molar-refractivity contribution in [3.63, 3.8) is 0 Å². The molecule has 1 N–H and O–H groups in total. The van der Waals surface area contributed by atoms with Crippen LogP contribution in [0.2, 0.25) is 0 Å². The predicted molar refractivity (Wildman–Crippen MR) is 91.9 cm³/mol. The van der Waals surface area contributed by atoms with Crippen molar-refractivity contribution in [2.75, 3.05) is 20.3 Å². The molecule has 0 spiro atoms. The number of halogens is 1. The topological polar surface area (TPSA) is 80.5 Å². The molecule has 26 heavy (non-hydrogen) atoms. The van der Waals surface area contributed by atoms with Crippen molar-refractivity contribution in [3.8, 4) is 0 Å². The highest BCUT2D eigenvalue weighted by atomic mass is 19.1. The van der Waals surface area contributed by atoms with Crippen LogP contribution in [0.1, 0.15) is 49.0 Å². The Labute approximate surface area is 151 Å². The van der Waals surface area contributed by atoms with Crippen molar-refractivity contribution in [2.24, 2.45) is 0 Å². The van der Waals surface area contributed by atoms with Crippen molar-refractivity contribution in [1.29, 1.82) is 0 Å². The molecule has 2 aromatic rings. The minimum absolute atomic E-state index is 0.145.